The van der Waals surface area contributed by atoms with Gasteiger partial charge in [0, 0.05) is 30.9 Å². The van der Waals surface area contributed by atoms with Crippen LogP contribution in [0.25, 0.3) is 0 Å². The van der Waals surface area contributed by atoms with Gasteiger partial charge < -0.3 is 0 Å². The van der Waals surface area contributed by atoms with E-state index in [0.29, 0.717) is 0 Å². The molecule has 2 aromatic rings. The summed E-state index contributed by atoms with van der Waals surface area (Å²) >= 11 is 0. The van der Waals surface area contributed by atoms with Crippen LogP contribution in [0.1, 0.15) is 25.0 Å². The number of hydrogen-bond donors (Lipinski definition) is 0. The minimum absolute atomic E-state index is 0. The topological polar surface area (TPSA) is 12.9 Å². The third kappa shape index (κ3) is 9.86. The van der Waals surface area contributed by atoms with E-state index < -0.39 is 0 Å². The summed E-state index contributed by atoms with van der Waals surface area (Å²) in [6.07, 6.45) is 3.50. The van der Waals surface area contributed by atoms with Crippen LogP contribution in [0, 0.1) is 13.8 Å². The number of rotatable bonds is 0. The van der Waals surface area contributed by atoms with Crippen LogP contribution in [-0.2, 0) is 18.6 Å². The van der Waals surface area contributed by atoms with Gasteiger partial charge in [-0.2, -0.15) is 0 Å². The van der Waals surface area contributed by atoms with Crippen LogP contribution in [0.4, 0.5) is 0 Å². The molecule has 0 aliphatic rings. The molecule has 0 spiro atoms. The van der Waals surface area contributed by atoms with Gasteiger partial charge in [-0.05, 0) is 37.1 Å². The fraction of sp³-hybridized carbons (Fsp3) is 0.267. The summed E-state index contributed by atoms with van der Waals surface area (Å²) < 4.78 is 0. The first-order chi connectivity index (χ1) is 7.80. The summed E-state index contributed by atoms with van der Waals surface area (Å²) in [5.41, 5.74) is 2.74. The minimum Gasteiger partial charge on any atom is -0.265 e. The summed E-state index contributed by atoms with van der Waals surface area (Å²) in [7, 11) is 0. The Kier molecular flexibility index (Phi) is 14.0. The second-order valence-electron chi connectivity index (χ2n) is 3.11. The Bertz CT molecular complexity index is 313. The standard InChI is InChI=1S/C8H10.C5H5N.C2H6.V/c1-7-5-3-4-6-8(7)2;1-2-4-6-5-3-1;1-2;/h3-6H,1-2H3;1-5H;1-2H3;. The molecule has 17 heavy (non-hydrogen) atoms. The van der Waals surface area contributed by atoms with E-state index in [1.54, 1.807) is 12.4 Å². The Balaban J connectivity index is 0. The maximum absolute atomic E-state index is 3.78. The predicted molar refractivity (Wildman–Crippen MR) is 71.5 cm³/mol. The molecule has 0 bridgehead atoms. The van der Waals surface area contributed by atoms with Crippen molar-refractivity contribution < 1.29 is 18.6 Å². The van der Waals surface area contributed by atoms with E-state index in [2.05, 4.69) is 43.1 Å². The second kappa shape index (κ2) is 13.0. The van der Waals surface area contributed by atoms with Gasteiger partial charge in [0.05, 0.1) is 0 Å². The molecule has 0 amide bonds. The Morgan fingerprint density at radius 3 is 1.29 bits per heavy atom. The molecule has 0 aliphatic carbocycles. The Morgan fingerprint density at radius 2 is 1.12 bits per heavy atom. The van der Waals surface area contributed by atoms with Crippen LogP contribution in [-0.4, -0.2) is 4.98 Å². The molecule has 2 rings (SSSR count). The molecule has 0 N–H and O–H groups in total. The third-order valence-corrected chi connectivity index (χ3v) is 1.99. The van der Waals surface area contributed by atoms with E-state index in [-0.39, 0.29) is 18.6 Å². The first-order valence-electron chi connectivity index (χ1n) is 5.68. The van der Waals surface area contributed by atoms with Crippen LogP contribution in [0.2, 0.25) is 0 Å². The molecule has 2 heteroatoms. The third-order valence-electron chi connectivity index (χ3n) is 1.99. The van der Waals surface area contributed by atoms with Gasteiger partial charge in [0.2, 0.25) is 0 Å². The van der Waals surface area contributed by atoms with Crippen molar-refractivity contribution in [2.45, 2.75) is 27.7 Å². The van der Waals surface area contributed by atoms with E-state index in [1.807, 2.05) is 32.0 Å². The monoisotopic (exact) mass is 266 g/mol. The maximum Gasteiger partial charge on any atom is 0.0267 e. The number of nitrogens with zero attached hydrogens (tertiary/aromatic N) is 1. The molecule has 1 heterocycles. The average molecular weight is 266 g/mol. The number of aryl methyl sites for hydroxylation is 2. The summed E-state index contributed by atoms with van der Waals surface area (Å²) in [5.74, 6) is 0. The number of benzene rings is 1. The average Bonchev–Trinajstić information content (AvgIpc) is 2.38. The van der Waals surface area contributed by atoms with Crippen LogP contribution in [0.3, 0.4) is 0 Å². The first kappa shape index (κ1) is 18.3. The van der Waals surface area contributed by atoms with E-state index in [9.17, 15) is 0 Å². The number of aromatic nitrogens is 1. The molecule has 1 radical (unpaired) electrons. The van der Waals surface area contributed by atoms with Gasteiger partial charge in [0.1, 0.15) is 0 Å². The van der Waals surface area contributed by atoms with Crippen molar-refractivity contribution in [3.05, 3.63) is 66.0 Å². The summed E-state index contributed by atoms with van der Waals surface area (Å²) in [6, 6.07) is 14.1. The van der Waals surface area contributed by atoms with Gasteiger partial charge in [0.15, 0.2) is 0 Å². The molecule has 1 aromatic heterocycles. The zero-order chi connectivity index (χ0) is 12.2. The number of pyridine rings is 1. The molecule has 91 valence electrons. The molecule has 0 aliphatic heterocycles. The van der Waals surface area contributed by atoms with Crippen molar-refractivity contribution in [3.63, 3.8) is 0 Å². The van der Waals surface area contributed by atoms with E-state index >= 15 is 0 Å². The summed E-state index contributed by atoms with van der Waals surface area (Å²) in [4.78, 5) is 3.78. The molecule has 0 saturated carbocycles. The van der Waals surface area contributed by atoms with Crippen LogP contribution in [0.15, 0.2) is 54.9 Å². The fourth-order valence-electron chi connectivity index (χ4n) is 0.975. The Labute approximate surface area is 117 Å². The SMILES string of the molecule is CC.Cc1ccccc1C.[V].c1ccncc1. The minimum atomic E-state index is 0. The van der Waals surface area contributed by atoms with Gasteiger partial charge in [-0.25, -0.2) is 0 Å². The number of hydrogen-bond acceptors (Lipinski definition) is 1. The van der Waals surface area contributed by atoms with Gasteiger partial charge in [-0.3, -0.25) is 4.98 Å². The fourth-order valence-corrected chi connectivity index (χ4v) is 0.975. The largest absolute Gasteiger partial charge is 0.265 e. The van der Waals surface area contributed by atoms with Crippen LogP contribution < -0.4 is 0 Å². The zero-order valence-electron chi connectivity index (χ0n) is 11.1. The van der Waals surface area contributed by atoms with Gasteiger partial charge in [0.25, 0.3) is 0 Å². The second-order valence-corrected chi connectivity index (χ2v) is 3.11. The normalized spacial score (nSPS) is 7.53. The molecule has 1 nitrogen and oxygen atoms in total. The van der Waals surface area contributed by atoms with Crippen molar-refractivity contribution in [1.29, 1.82) is 0 Å². The smallest absolute Gasteiger partial charge is 0.0267 e. The molecule has 0 saturated heterocycles. The molecular weight excluding hydrogens is 245 g/mol. The molecule has 0 fully saturated rings. The Hall–Kier alpha value is -1.05. The van der Waals surface area contributed by atoms with Gasteiger partial charge in [-0.15, -0.1) is 0 Å². The molecular formula is C15H21NV. The van der Waals surface area contributed by atoms with Crippen molar-refractivity contribution in [2.75, 3.05) is 0 Å². The molecule has 0 unspecified atom stereocenters. The van der Waals surface area contributed by atoms with E-state index in [4.69, 9.17) is 0 Å². The van der Waals surface area contributed by atoms with E-state index in [1.165, 1.54) is 11.1 Å². The van der Waals surface area contributed by atoms with Crippen molar-refractivity contribution in [3.8, 4) is 0 Å². The quantitative estimate of drug-likeness (QED) is 0.688. The molecule has 0 atom stereocenters. The summed E-state index contributed by atoms with van der Waals surface area (Å²) in [6.45, 7) is 8.24. The predicted octanol–water partition coefficient (Wildman–Crippen LogP) is 4.41. The van der Waals surface area contributed by atoms with Gasteiger partial charge in [-0.1, -0.05) is 44.2 Å². The van der Waals surface area contributed by atoms with Crippen molar-refractivity contribution >= 4 is 0 Å². The molecule has 1 aromatic carbocycles. The first-order valence-corrected chi connectivity index (χ1v) is 5.68. The van der Waals surface area contributed by atoms with Crippen LogP contribution in [0.5, 0.6) is 0 Å². The summed E-state index contributed by atoms with van der Waals surface area (Å²) in [5, 5.41) is 0. The van der Waals surface area contributed by atoms with Crippen molar-refractivity contribution in [1.82, 2.24) is 4.98 Å². The van der Waals surface area contributed by atoms with Crippen molar-refractivity contribution in [2.24, 2.45) is 0 Å². The van der Waals surface area contributed by atoms with E-state index in [0.717, 1.165) is 0 Å². The Morgan fingerprint density at radius 1 is 0.706 bits per heavy atom. The maximum atomic E-state index is 3.78. The zero-order valence-corrected chi connectivity index (χ0v) is 12.5. The van der Waals surface area contributed by atoms with Crippen LogP contribution >= 0.6 is 0 Å². The van der Waals surface area contributed by atoms with Gasteiger partial charge >= 0.3 is 0 Å².